The summed E-state index contributed by atoms with van der Waals surface area (Å²) in [5.74, 6) is 0.0422. The topological polar surface area (TPSA) is 38.9 Å². The Morgan fingerprint density at radius 2 is 2.21 bits per heavy atom. The summed E-state index contributed by atoms with van der Waals surface area (Å²) in [4.78, 5) is 3.59. The van der Waals surface area contributed by atoms with Crippen LogP contribution >= 0.6 is 12.4 Å². The Morgan fingerprint density at radius 1 is 1.50 bits per heavy atom. The van der Waals surface area contributed by atoms with Crippen LogP contribution in [0.25, 0.3) is 0 Å². The van der Waals surface area contributed by atoms with Crippen LogP contribution in [0.4, 0.5) is 4.39 Å². The van der Waals surface area contributed by atoms with Crippen molar-refractivity contribution in [1.82, 2.24) is 4.98 Å². The highest BCUT2D eigenvalue weighted by Gasteiger charge is 2.27. The quantitative estimate of drug-likeness (QED) is 0.772. The van der Waals surface area contributed by atoms with Crippen LogP contribution in [-0.2, 0) is 0 Å². The van der Waals surface area contributed by atoms with Gasteiger partial charge in [0.2, 0.25) is 5.95 Å². The predicted octanol–water partition coefficient (Wildman–Crippen LogP) is 2.44. The molecule has 0 saturated heterocycles. The van der Waals surface area contributed by atoms with E-state index in [9.17, 15) is 4.39 Å². The largest absolute Gasteiger partial charge is 0.324 e. The van der Waals surface area contributed by atoms with Crippen LogP contribution in [0.3, 0.4) is 0 Å². The monoisotopic (exact) mass is 216 g/mol. The van der Waals surface area contributed by atoms with Crippen LogP contribution in [0.1, 0.15) is 30.9 Å². The van der Waals surface area contributed by atoms with Crippen molar-refractivity contribution < 1.29 is 4.39 Å². The van der Waals surface area contributed by atoms with E-state index in [1.165, 1.54) is 12.6 Å². The molecule has 1 aliphatic rings. The van der Waals surface area contributed by atoms with Gasteiger partial charge >= 0.3 is 0 Å². The number of nitrogens with zero attached hydrogens (tertiary/aromatic N) is 1. The molecule has 0 aliphatic heterocycles. The van der Waals surface area contributed by atoms with Crippen LogP contribution in [0.5, 0.6) is 0 Å². The zero-order chi connectivity index (χ0) is 9.26. The number of aromatic nitrogens is 1. The van der Waals surface area contributed by atoms with E-state index in [2.05, 4.69) is 4.98 Å². The van der Waals surface area contributed by atoms with Gasteiger partial charge in [0.15, 0.2) is 0 Å². The highest BCUT2D eigenvalue weighted by Crippen LogP contribution is 2.36. The normalized spacial score (nSPS) is 18.1. The molecule has 1 aromatic heterocycles. The first-order valence-corrected chi connectivity index (χ1v) is 4.65. The molecule has 2 N–H and O–H groups in total. The maximum atomic E-state index is 13.2. The molecule has 0 spiro atoms. The Bertz CT molecular complexity index is 302. The molecule has 0 amide bonds. The lowest BCUT2D eigenvalue weighted by Gasteiger charge is -2.31. The zero-order valence-corrected chi connectivity index (χ0v) is 8.64. The molecule has 78 valence electrons. The van der Waals surface area contributed by atoms with Crippen molar-refractivity contribution in [2.24, 2.45) is 11.7 Å². The van der Waals surface area contributed by atoms with Gasteiger partial charge in [-0.15, -0.1) is 12.4 Å². The summed E-state index contributed by atoms with van der Waals surface area (Å²) in [5, 5.41) is 0. The SMILES string of the molecule is Cl.N[C@H](c1cccnc1F)C1CCC1. The second kappa shape index (κ2) is 4.71. The van der Waals surface area contributed by atoms with E-state index < -0.39 is 5.95 Å². The summed E-state index contributed by atoms with van der Waals surface area (Å²) in [6, 6.07) is 3.30. The van der Waals surface area contributed by atoms with E-state index in [4.69, 9.17) is 5.73 Å². The molecule has 4 heteroatoms. The van der Waals surface area contributed by atoms with Gasteiger partial charge in [-0.25, -0.2) is 4.98 Å². The number of hydrogen-bond donors (Lipinski definition) is 1. The average molecular weight is 217 g/mol. The van der Waals surface area contributed by atoms with Gasteiger partial charge in [-0.3, -0.25) is 0 Å². The second-order valence-corrected chi connectivity index (χ2v) is 3.60. The Morgan fingerprint density at radius 3 is 2.71 bits per heavy atom. The smallest absolute Gasteiger partial charge is 0.217 e. The third-order valence-electron chi connectivity index (χ3n) is 2.80. The van der Waals surface area contributed by atoms with Crippen LogP contribution < -0.4 is 5.73 Å². The van der Waals surface area contributed by atoms with E-state index >= 15 is 0 Å². The molecule has 1 fully saturated rings. The lowest BCUT2D eigenvalue weighted by Crippen LogP contribution is -2.27. The molecule has 1 aliphatic carbocycles. The molecular weight excluding hydrogens is 203 g/mol. The van der Waals surface area contributed by atoms with Crippen LogP contribution in [0.2, 0.25) is 0 Å². The summed E-state index contributed by atoms with van der Waals surface area (Å²) in [6.45, 7) is 0. The van der Waals surface area contributed by atoms with Gasteiger partial charge in [-0.2, -0.15) is 4.39 Å². The first kappa shape index (κ1) is 11.4. The zero-order valence-electron chi connectivity index (χ0n) is 7.82. The number of pyridine rings is 1. The molecule has 2 rings (SSSR count). The Hall–Kier alpha value is -0.670. The summed E-state index contributed by atoms with van der Waals surface area (Å²) >= 11 is 0. The van der Waals surface area contributed by atoms with Gasteiger partial charge in [-0.1, -0.05) is 12.5 Å². The average Bonchev–Trinajstić information content (AvgIpc) is 2.01. The summed E-state index contributed by atoms with van der Waals surface area (Å²) in [6.07, 6.45) is 4.91. The van der Waals surface area contributed by atoms with Gasteiger partial charge in [0.1, 0.15) is 0 Å². The molecule has 14 heavy (non-hydrogen) atoms. The van der Waals surface area contributed by atoms with E-state index in [1.54, 1.807) is 12.1 Å². The number of rotatable bonds is 2. The fourth-order valence-electron chi connectivity index (χ4n) is 1.70. The lowest BCUT2D eigenvalue weighted by molar-refractivity contribution is 0.259. The van der Waals surface area contributed by atoms with Crippen molar-refractivity contribution in [3.8, 4) is 0 Å². The van der Waals surface area contributed by atoms with E-state index in [0.29, 0.717) is 11.5 Å². The minimum atomic E-state index is -0.415. The Labute approximate surface area is 89.1 Å². The predicted molar refractivity (Wildman–Crippen MR) is 55.7 cm³/mol. The highest BCUT2D eigenvalue weighted by atomic mass is 35.5. The van der Waals surface area contributed by atoms with Gasteiger partial charge in [0.05, 0.1) is 0 Å². The van der Waals surface area contributed by atoms with Crippen LogP contribution in [-0.4, -0.2) is 4.98 Å². The molecule has 0 radical (unpaired) electrons. The minimum absolute atomic E-state index is 0. The first-order valence-electron chi connectivity index (χ1n) is 4.65. The third kappa shape index (κ3) is 2.04. The van der Waals surface area contributed by atoms with Gasteiger partial charge in [0.25, 0.3) is 0 Å². The molecule has 1 heterocycles. The maximum Gasteiger partial charge on any atom is 0.217 e. The molecular formula is C10H14ClFN2. The van der Waals surface area contributed by atoms with E-state index in [0.717, 1.165) is 12.8 Å². The minimum Gasteiger partial charge on any atom is -0.324 e. The molecule has 1 saturated carbocycles. The second-order valence-electron chi connectivity index (χ2n) is 3.60. The molecule has 1 atom stereocenters. The molecule has 0 aromatic carbocycles. The van der Waals surface area contributed by atoms with Gasteiger partial charge in [-0.05, 0) is 24.8 Å². The fraction of sp³-hybridized carbons (Fsp3) is 0.500. The van der Waals surface area contributed by atoms with Crippen molar-refractivity contribution >= 4 is 12.4 Å². The van der Waals surface area contributed by atoms with Crippen LogP contribution in [0.15, 0.2) is 18.3 Å². The third-order valence-corrected chi connectivity index (χ3v) is 2.80. The van der Waals surface area contributed by atoms with Crippen LogP contribution in [0, 0.1) is 11.9 Å². The van der Waals surface area contributed by atoms with Gasteiger partial charge < -0.3 is 5.73 Å². The fourth-order valence-corrected chi connectivity index (χ4v) is 1.70. The molecule has 0 bridgehead atoms. The van der Waals surface area contributed by atoms with Crippen molar-refractivity contribution in [1.29, 1.82) is 0 Å². The number of nitrogens with two attached hydrogens (primary N) is 1. The number of halogens is 2. The first-order chi connectivity index (χ1) is 6.29. The van der Waals surface area contributed by atoms with Crippen molar-refractivity contribution in [2.45, 2.75) is 25.3 Å². The number of hydrogen-bond acceptors (Lipinski definition) is 2. The Balaban J connectivity index is 0.000000980. The van der Waals surface area contributed by atoms with Crippen molar-refractivity contribution in [3.63, 3.8) is 0 Å². The molecule has 2 nitrogen and oxygen atoms in total. The van der Waals surface area contributed by atoms with Gasteiger partial charge in [0, 0.05) is 17.8 Å². The van der Waals surface area contributed by atoms with E-state index in [-0.39, 0.29) is 18.4 Å². The van der Waals surface area contributed by atoms with Crippen molar-refractivity contribution in [2.75, 3.05) is 0 Å². The summed E-state index contributed by atoms with van der Waals surface area (Å²) in [7, 11) is 0. The van der Waals surface area contributed by atoms with E-state index in [1.807, 2.05) is 0 Å². The lowest BCUT2D eigenvalue weighted by atomic mass is 9.78. The summed E-state index contributed by atoms with van der Waals surface area (Å²) in [5.41, 5.74) is 6.48. The Kier molecular flexibility index (Phi) is 3.84. The summed E-state index contributed by atoms with van der Waals surface area (Å²) < 4.78 is 13.2. The highest BCUT2D eigenvalue weighted by molar-refractivity contribution is 5.85. The molecule has 1 aromatic rings. The maximum absolute atomic E-state index is 13.2. The van der Waals surface area contributed by atoms with Crippen molar-refractivity contribution in [3.05, 3.63) is 29.8 Å². The standard InChI is InChI=1S/C10H13FN2.ClH/c11-10-8(5-2-6-13-10)9(12)7-3-1-4-7;/h2,5-7,9H,1,3-4,12H2;1H/t9-;/m0./s1. The molecule has 0 unspecified atom stereocenters.